The Kier molecular flexibility index (Phi) is 4.49. The summed E-state index contributed by atoms with van der Waals surface area (Å²) in [6, 6.07) is -0.0685. The molecule has 1 rings (SSSR count). The fourth-order valence-electron chi connectivity index (χ4n) is 1.38. The van der Waals surface area contributed by atoms with Gasteiger partial charge in [0.1, 0.15) is 0 Å². The first-order valence-electron chi connectivity index (χ1n) is 5.43. The highest BCUT2D eigenvalue weighted by atomic mass is 32.2. The van der Waals surface area contributed by atoms with Crippen molar-refractivity contribution in [2.75, 3.05) is 11.5 Å². The van der Waals surface area contributed by atoms with E-state index in [4.69, 9.17) is 5.73 Å². The maximum Gasteiger partial charge on any atom is 0.152 e. The lowest BCUT2D eigenvalue weighted by Crippen LogP contribution is -2.16. The van der Waals surface area contributed by atoms with E-state index in [1.54, 1.807) is 17.1 Å². The number of aryl methyl sites for hydroxylation is 1. The Hall–Kier alpha value is -0.880. The minimum atomic E-state index is -2.93. The Morgan fingerprint density at radius 2 is 2.19 bits per heavy atom. The summed E-state index contributed by atoms with van der Waals surface area (Å²) in [5.41, 5.74) is 6.61. The van der Waals surface area contributed by atoms with Crippen LogP contribution in [0.4, 0.5) is 0 Å². The minimum Gasteiger partial charge on any atom is -0.324 e. The summed E-state index contributed by atoms with van der Waals surface area (Å²) < 4.78 is 24.6. The lowest BCUT2D eigenvalue weighted by molar-refractivity contribution is 0.579. The molecule has 1 atom stereocenters. The Morgan fingerprint density at radius 1 is 1.50 bits per heavy atom. The topological polar surface area (TPSA) is 78.0 Å². The van der Waals surface area contributed by atoms with E-state index < -0.39 is 9.84 Å². The Morgan fingerprint density at radius 3 is 2.69 bits per heavy atom. The van der Waals surface area contributed by atoms with Crippen LogP contribution in [0, 0.1) is 0 Å². The van der Waals surface area contributed by atoms with Gasteiger partial charge in [0.05, 0.1) is 18.5 Å². The van der Waals surface area contributed by atoms with Gasteiger partial charge in [-0.2, -0.15) is 5.10 Å². The van der Waals surface area contributed by atoms with Crippen LogP contribution >= 0.6 is 0 Å². The third kappa shape index (κ3) is 3.94. The van der Waals surface area contributed by atoms with Gasteiger partial charge in [-0.15, -0.1) is 0 Å². The quantitative estimate of drug-likeness (QED) is 0.801. The van der Waals surface area contributed by atoms with Gasteiger partial charge < -0.3 is 5.73 Å². The highest BCUT2D eigenvalue weighted by Crippen LogP contribution is 2.07. The molecule has 2 N–H and O–H groups in total. The molecular formula is C10H19N3O2S. The molecule has 0 saturated heterocycles. The Balaban J connectivity index is 2.55. The molecule has 16 heavy (non-hydrogen) atoms. The summed E-state index contributed by atoms with van der Waals surface area (Å²) in [7, 11) is -2.93. The fraction of sp³-hybridized carbons (Fsp3) is 0.700. The van der Waals surface area contributed by atoms with Gasteiger partial charge in [-0.3, -0.25) is 4.68 Å². The van der Waals surface area contributed by atoms with E-state index in [0.717, 1.165) is 5.56 Å². The summed E-state index contributed by atoms with van der Waals surface area (Å²) in [6.45, 7) is 4.13. The van der Waals surface area contributed by atoms with Crippen LogP contribution in [0.5, 0.6) is 0 Å². The van der Waals surface area contributed by atoms with Crippen LogP contribution in [-0.2, 0) is 16.4 Å². The molecule has 5 nitrogen and oxygen atoms in total. The average Bonchev–Trinajstić information content (AvgIpc) is 2.63. The van der Waals surface area contributed by atoms with E-state index in [-0.39, 0.29) is 17.5 Å². The van der Waals surface area contributed by atoms with Crippen LogP contribution in [0.15, 0.2) is 12.4 Å². The summed E-state index contributed by atoms with van der Waals surface area (Å²) in [5, 5.41) is 4.07. The first-order chi connectivity index (χ1) is 7.44. The molecule has 1 unspecified atom stereocenters. The van der Waals surface area contributed by atoms with Gasteiger partial charge in [0.25, 0.3) is 0 Å². The van der Waals surface area contributed by atoms with Crippen LogP contribution in [0.3, 0.4) is 0 Å². The maximum absolute atomic E-state index is 11.5. The molecule has 1 aromatic rings. The predicted molar refractivity (Wildman–Crippen MR) is 63.8 cm³/mol. The van der Waals surface area contributed by atoms with Crippen molar-refractivity contribution in [3.8, 4) is 0 Å². The second-order valence-corrected chi connectivity index (χ2v) is 6.28. The first kappa shape index (κ1) is 13.2. The molecule has 0 fully saturated rings. The van der Waals surface area contributed by atoms with Gasteiger partial charge in [-0.05, 0) is 13.3 Å². The van der Waals surface area contributed by atoms with Crippen molar-refractivity contribution in [1.82, 2.24) is 9.78 Å². The Labute approximate surface area is 96.6 Å². The van der Waals surface area contributed by atoms with Gasteiger partial charge in [0, 0.05) is 23.6 Å². The molecule has 0 amide bonds. The normalized spacial score (nSPS) is 13.9. The van der Waals surface area contributed by atoms with Gasteiger partial charge >= 0.3 is 0 Å². The molecule has 0 spiro atoms. The van der Waals surface area contributed by atoms with E-state index in [2.05, 4.69) is 5.10 Å². The SMILES string of the molecule is CCCS(=O)(=O)CCn1cc(C(C)N)cn1. The molecule has 0 radical (unpaired) electrons. The fourth-order valence-corrected chi connectivity index (χ4v) is 2.67. The number of nitrogens with two attached hydrogens (primary N) is 1. The minimum absolute atomic E-state index is 0.0685. The second kappa shape index (κ2) is 5.45. The number of rotatable bonds is 6. The molecule has 1 heterocycles. The van der Waals surface area contributed by atoms with Crippen LogP contribution < -0.4 is 5.73 Å². The highest BCUT2D eigenvalue weighted by molar-refractivity contribution is 7.91. The largest absolute Gasteiger partial charge is 0.324 e. The van der Waals surface area contributed by atoms with Gasteiger partial charge in [-0.25, -0.2) is 8.42 Å². The lowest BCUT2D eigenvalue weighted by Gasteiger charge is -2.03. The number of aromatic nitrogens is 2. The van der Waals surface area contributed by atoms with Crippen LogP contribution in [0.25, 0.3) is 0 Å². The van der Waals surface area contributed by atoms with Gasteiger partial charge in [0.2, 0.25) is 0 Å². The predicted octanol–water partition coefficient (Wildman–Crippen LogP) is 0.728. The van der Waals surface area contributed by atoms with Crippen molar-refractivity contribution >= 4 is 9.84 Å². The molecule has 0 aliphatic heterocycles. The van der Waals surface area contributed by atoms with Crippen molar-refractivity contribution in [2.24, 2.45) is 5.73 Å². The molecule has 92 valence electrons. The van der Waals surface area contributed by atoms with Crippen LogP contribution in [0.1, 0.15) is 31.9 Å². The molecule has 1 aromatic heterocycles. The van der Waals surface area contributed by atoms with E-state index >= 15 is 0 Å². The zero-order chi connectivity index (χ0) is 12.2. The standard InChI is InChI=1S/C10H19N3O2S/c1-3-5-16(14,15)6-4-13-8-10(7-12-13)9(2)11/h7-9H,3-6,11H2,1-2H3. The molecular weight excluding hydrogens is 226 g/mol. The van der Waals surface area contributed by atoms with E-state index in [9.17, 15) is 8.42 Å². The third-order valence-electron chi connectivity index (χ3n) is 2.33. The van der Waals surface area contributed by atoms with Gasteiger partial charge in [0.15, 0.2) is 9.84 Å². The smallest absolute Gasteiger partial charge is 0.152 e. The molecule has 0 aliphatic rings. The number of nitrogens with zero attached hydrogens (tertiary/aromatic N) is 2. The van der Waals surface area contributed by atoms with Crippen molar-refractivity contribution < 1.29 is 8.42 Å². The summed E-state index contributed by atoms with van der Waals surface area (Å²) >= 11 is 0. The number of sulfone groups is 1. The number of hydrogen-bond acceptors (Lipinski definition) is 4. The summed E-state index contributed by atoms with van der Waals surface area (Å²) in [6.07, 6.45) is 4.13. The molecule has 6 heteroatoms. The molecule has 0 aliphatic carbocycles. The first-order valence-corrected chi connectivity index (χ1v) is 7.25. The molecule has 0 bridgehead atoms. The molecule has 0 aromatic carbocycles. The second-order valence-electron chi connectivity index (χ2n) is 3.98. The van der Waals surface area contributed by atoms with E-state index in [0.29, 0.717) is 13.0 Å². The molecule has 0 saturated carbocycles. The van der Waals surface area contributed by atoms with Crippen molar-refractivity contribution in [1.29, 1.82) is 0 Å². The summed E-state index contributed by atoms with van der Waals surface area (Å²) in [5.74, 6) is 0.384. The zero-order valence-electron chi connectivity index (χ0n) is 9.76. The summed E-state index contributed by atoms with van der Waals surface area (Å²) in [4.78, 5) is 0. The average molecular weight is 245 g/mol. The van der Waals surface area contributed by atoms with Crippen LogP contribution in [-0.4, -0.2) is 29.7 Å². The highest BCUT2D eigenvalue weighted by Gasteiger charge is 2.10. The monoisotopic (exact) mass is 245 g/mol. The maximum atomic E-state index is 11.5. The van der Waals surface area contributed by atoms with E-state index in [1.165, 1.54) is 0 Å². The van der Waals surface area contributed by atoms with E-state index in [1.807, 2.05) is 13.8 Å². The van der Waals surface area contributed by atoms with Crippen LogP contribution in [0.2, 0.25) is 0 Å². The zero-order valence-corrected chi connectivity index (χ0v) is 10.6. The lowest BCUT2D eigenvalue weighted by atomic mass is 10.2. The van der Waals surface area contributed by atoms with Crippen molar-refractivity contribution in [3.05, 3.63) is 18.0 Å². The Bertz CT molecular complexity index is 423. The number of hydrogen-bond donors (Lipinski definition) is 1. The third-order valence-corrected chi connectivity index (χ3v) is 4.16. The van der Waals surface area contributed by atoms with Crippen molar-refractivity contribution in [3.63, 3.8) is 0 Å². The van der Waals surface area contributed by atoms with Crippen molar-refractivity contribution in [2.45, 2.75) is 32.9 Å². The van der Waals surface area contributed by atoms with Gasteiger partial charge in [-0.1, -0.05) is 6.92 Å².